The van der Waals surface area contributed by atoms with Crippen LogP contribution in [0.4, 0.5) is 13.2 Å². The highest BCUT2D eigenvalue weighted by Crippen LogP contribution is 2.32. The number of hydrogen-bond acceptors (Lipinski definition) is 1. The van der Waals surface area contributed by atoms with Crippen molar-refractivity contribution in [2.45, 2.75) is 25.9 Å². The third-order valence-corrected chi connectivity index (χ3v) is 2.31. The Labute approximate surface area is 98.0 Å². The Morgan fingerprint density at radius 3 is 2.35 bits per heavy atom. The summed E-state index contributed by atoms with van der Waals surface area (Å²) in [5.41, 5.74) is -0.351. The van der Waals surface area contributed by atoms with Crippen molar-refractivity contribution >= 4 is 5.78 Å². The molecular formula is C13H13F3O. The molecule has 1 nitrogen and oxygen atoms in total. The zero-order chi connectivity index (χ0) is 13.1. The monoisotopic (exact) mass is 242 g/mol. The van der Waals surface area contributed by atoms with Crippen molar-refractivity contribution in [3.8, 4) is 0 Å². The Bertz CT molecular complexity index is 433. The molecule has 0 aliphatic rings. The van der Waals surface area contributed by atoms with Gasteiger partial charge in [-0.05, 0) is 19.4 Å². The molecule has 92 valence electrons. The van der Waals surface area contributed by atoms with E-state index in [1.54, 1.807) is 6.92 Å². The minimum absolute atomic E-state index is 0.0580. The van der Waals surface area contributed by atoms with Gasteiger partial charge < -0.3 is 0 Å². The van der Waals surface area contributed by atoms with Crippen LogP contribution in [0, 0.1) is 0 Å². The molecule has 1 rings (SSSR count). The maximum Gasteiger partial charge on any atom is 0.417 e. The van der Waals surface area contributed by atoms with Gasteiger partial charge in [0.05, 0.1) is 5.56 Å². The molecule has 1 aromatic rings. The van der Waals surface area contributed by atoms with E-state index in [4.69, 9.17) is 0 Å². The van der Waals surface area contributed by atoms with Gasteiger partial charge in [-0.15, -0.1) is 6.58 Å². The standard InChI is InChI=1S/C13H13F3O/c1-9(2)7-8-12(17)10-5-3-4-6-11(10)13(14,15)16/h3-6H,1,7-8H2,2H3. The quantitative estimate of drug-likeness (QED) is 0.570. The third-order valence-electron chi connectivity index (χ3n) is 2.31. The highest BCUT2D eigenvalue weighted by atomic mass is 19.4. The molecule has 0 heterocycles. The van der Waals surface area contributed by atoms with E-state index in [1.165, 1.54) is 18.2 Å². The Hall–Kier alpha value is -1.58. The second-order valence-electron chi connectivity index (χ2n) is 3.92. The van der Waals surface area contributed by atoms with Crippen molar-refractivity contribution in [1.82, 2.24) is 0 Å². The zero-order valence-electron chi connectivity index (χ0n) is 9.47. The summed E-state index contributed by atoms with van der Waals surface area (Å²) in [6, 6.07) is 4.85. The van der Waals surface area contributed by atoms with E-state index in [-0.39, 0.29) is 12.0 Å². The molecule has 0 spiro atoms. The van der Waals surface area contributed by atoms with Crippen molar-refractivity contribution in [3.63, 3.8) is 0 Å². The van der Waals surface area contributed by atoms with Crippen molar-refractivity contribution < 1.29 is 18.0 Å². The van der Waals surface area contributed by atoms with Gasteiger partial charge in [0.25, 0.3) is 0 Å². The van der Waals surface area contributed by atoms with Crippen molar-refractivity contribution in [2.24, 2.45) is 0 Å². The van der Waals surface area contributed by atoms with E-state index >= 15 is 0 Å². The van der Waals surface area contributed by atoms with E-state index in [0.717, 1.165) is 11.6 Å². The van der Waals surface area contributed by atoms with E-state index < -0.39 is 17.5 Å². The third kappa shape index (κ3) is 3.73. The highest BCUT2D eigenvalue weighted by molar-refractivity contribution is 5.97. The van der Waals surface area contributed by atoms with E-state index in [0.29, 0.717) is 6.42 Å². The summed E-state index contributed by atoms with van der Waals surface area (Å²) in [6.45, 7) is 5.36. The smallest absolute Gasteiger partial charge is 0.294 e. The maximum atomic E-state index is 12.6. The molecule has 4 heteroatoms. The van der Waals surface area contributed by atoms with Crippen LogP contribution >= 0.6 is 0 Å². The van der Waals surface area contributed by atoms with Crippen LogP contribution in [-0.2, 0) is 6.18 Å². The summed E-state index contributed by atoms with van der Waals surface area (Å²) in [5.74, 6) is -0.499. The lowest BCUT2D eigenvalue weighted by Gasteiger charge is -2.11. The molecule has 0 radical (unpaired) electrons. The molecule has 0 saturated heterocycles. The summed E-state index contributed by atoms with van der Waals surface area (Å²) in [6.07, 6.45) is -4.02. The number of ketones is 1. The first-order chi connectivity index (χ1) is 7.82. The van der Waals surface area contributed by atoms with Crippen LogP contribution in [0.3, 0.4) is 0 Å². The SMILES string of the molecule is C=C(C)CCC(=O)c1ccccc1C(F)(F)F. The largest absolute Gasteiger partial charge is 0.417 e. The van der Waals surface area contributed by atoms with E-state index in [2.05, 4.69) is 6.58 Å². The van der Waals surface area contributed by atoms with Crippen LogP contribution in [-0.4, -0.2) is 5.78 Å². The van der Waals surface area contributed by atoms with Crippen LogP contribution in [0.1, 0.15) is 35.7 Å². The molecule has 0 fully saturated rings. The molecule has 0 saturated carbocycles. The topological polar surface area (TPSA) is 17.1 Å². The zero-order valence-corrected chi connectivity index (χ0v) is 9.47. The predicted molar refractivity (Wildman–Crippen MR) is 59.8 cm³/mol. The van der Waals surface area contributed by atoms with Gasteiger partial charge in [-0.2, -0.15) is 13.2 Å². The second-order valence-corrected chi connectivity index (χ2v) is 3.92. The van der Waals surface area contributed by atoms with Crippen LogP contribution in [0.15, 0.2) is 36.4 Å². The number of allylic oxidation sites excluding steroid dienone is 1. The Morgan fingerprint density at radius 2 is 1.82 bits per heavy atom. The van der Waals surface area contributed by atoms with Crippen molar-refractivity contribution in [2.75, 3.05) is 0 Å². The molecule has 0 unspecified atom stereocenters. The summed E-state index contributed by atoms with van der Waals surface area (Å²) < 4.78 is 37.9. The van der Waals surface area contributed by atoms with E-state index in [1.807, 2.05) is 0 Å². The molecule has 0 aliphatic heterocycles. The lowest BCUT2D eigenvalue weighted by molar-refractivity contribution is -0.137. The van der Waals surface area contributed by atoms with Crippen LogP contribution in [0.25, 0.3) is 0 Å². The first-order valence-corrected chi connectivity index (χ1v) is 5.16. The van der Waals surface area contributed by atoms with Gasteiger partial charge in [0, 0.05) is 12.0 Å². The molecular weight excluding hydrogens is 229 g/mol. The lowest BCUT2D eigenvalue weighted by Crippen LogP contribution is -2.12. The van der Waals surface area contributed by atoms with Crippen LogP contribution < -0.4 is 0 Å². The fourth-order valence-corrected chi connectivity index (χ4v) is 1.44. The van der Waals surface area contributed by atoms with Gasteiger partial charge in [-0.25, -0.2) is 0 Å². The fraction of sp³-hybridized carbons (Fsp3) is 0.308. The Morgan fingerprint density at radius 1 is 1.24 bits per heavy atom. The number of rotatable bonds is 4. The van der Waals surface area contributed by atoms with Crippen molar-refractivity contribution in [1.29, 1.82) is 0 Å². The van der Waals surface area contributed by atoms with Gasteiger partial charge >= 0.3 is 6.18 Å². The summed E-state index contributed by atoms with van der Waals surface area (Å²) in [7, 11) is 0. The molecule has 0 aliphatic carbocycles. The first-order valence-electron chi connectivity index (χ1n) is 5.16. The number of carbonyl (C=O) groups is 1. The van der Waals surface area contributed by atoms with Crippen molar-refractivity contribution in [3.05, 3.63) is 47.5 Å². The normalized spacial score (nSPS) is 11.3. The number of carbonyl (C=O) groups excluding carboxylic acids is 1. The molecule has 1 aromatic carbocycles. The Balaban J connectivity index is 2.98. The van der Waals surface area contributed by atoms with Crippen LogP contribution in [0.2, 0.25) is 0 Å². The van der Waals surface area contributed by atoms with Gasteiger partial charge in [0.2, 0.25) is 0 Å². The fourth-order valence-electron chi connectivity index (χ4n) is 1.44. The molecule has 0 N–H and O–H groups in total. The lowest BCUT2D eigenvalue weighted by atomic mass is 9.99. The maximum absolute atomic E-state index is 12.6. The van der Waals surface area contributed by atoms with Gasteiger partial charge in [-0.3, -0.25) is 4.79 Å². The van der Waals surface area contributed by atoms with Gasteiger partial charge in [0.1, 0.15) is 0 Å². The number of Topliss-reactive ketones (excluding diaryl/α,β-unsaturated/α-hetero) is 1. The molecule has 17 heavy (non-hydrogen) atoms. The average molecular weight is 242 g/mol. The number of alkyl halides is 3. The Kier molecular flexibility index (Phi) is 4.10. The molecule has 0 aromatic heterocycles. The predicted octanol–water partition coefficient (Wildman–Crippen LogP) is 4.24. The average Bonchev–Trinajstić information content (AvgIpc) is 2.24. The second kappa shape index (κ2) is 5.17. The van der Waals surface area contributed by atoms with Gasteiger partial charge in [0.15, 0.2) is 5.78 Å². The highest BCUT2D eigenvalue weighted by Gasteiger charge is 2.34. The number of hydrogen-bond donors (Lipinski definition) is 0. The number of benzene rings is 1. The molecule has 0 atom stereocenters. The summed E-state index contributed by atoms with van der Waals surface area (Å²) >= 11 is 0. The minimum Gasteiger partial charge on any atom is -0.294 e. The van der Waals surface area contributed by atoms with Crippen LogP contribution in [0.5, 0.6) is 0 Å². The minimum atomic E-state index is -4.49. The van der Waals surface area contributed by atoms with E-state index in [9.17, 15) is 18.0 Å². The number of halogens is 3. The van der Waals surface area contributed by atoms with Gasteiger partial charge in [-0.1, -0.05) is 23.8 Å². The first kappa shape index (κ1) is 13.5. The molecule has 0 bridgehead atoms. The molecule has 0 amide bonds. The summed E-state index contributed by atoms with van der Waals surface area (Å²) in [4.78, 5) is 11.7. The summed E-state index contributed by atoms with van der Waals surface area (Å²) in [5, 5.41) is 0.